The van der Waals surface area contributed by atoms with Gasteiger partial charge in [-0.25, -0.2) is 0 Å². The van der Waals surface area contributed by atoms with Crippen LogP contribution in [0, 0.1) is 0 Å². The van der Waals surface area contributed by atoms with Gasteiger partial charge in [0.05, 0.1) is 0 Å². The van der Waals surface area contributed by atoms with Gasteiger partial charge in [-0.2, -0.15) is 13.2 Å². The fraction of sp³-hybridized carbons (Fsp3) is 0.471. The number of anilines is 1. The first kappa shape index (κ1) is 18.2. The van der Waals surface area contributed by atoms with Gasteiger partial charge in [0.15, 0.2) is 0 Å². The lowest BCUT2D eigenvalue weighted by atomic mass is 10.00. The number of carbonyl (C=O) groups is 3. The van der Waals surface area contributed by atoms with E-state index in [0.29, 0.717) is 24.1 Å². The van der Waals surface area contributed by atoms with Gasteiger partial charge in [0.25, 0.3) is 5.91 Å². The number of nitrogens with one attached hydrogen (secondary N) is 1. The van der Waals surface area contributed by atoms with Crippen LogP contribution in [0.3, 0.4) is 0 Å². The summed E-state index contributed by atoms with van der Waals surface area (Å²) in [7, 11) is 0. The molecule has 1 fully saturated rings. The zero-order valence-corrected chi connectivity index (χ0v) is 13.9. The Morgan fingerprint density at radius 1 is 1.04 bits per heavy atom. The van der Waals surface area contributed by atoms with E-state index >= 15 is 0 Å². The third-order valence-electron chi connectivity index (χ3n) is 4.52. The zero-order valence-electron chi connectivity index (χ0n) is 13.9. The van der Waals surface area contributed by atoms with Crippen molar-refractivity contribution in [3.8, 4) is 0 Å². The van der Waals surface area contributed by atoms with Crippen LogP contribution in [0.4, 0.5) is 18.9 Å². The summed E-state index contributed by atoms with van der Waals surface area (Å²) >= 11 is 0. The highest BCUT2D eigenvalue weighted by molar-refractivity contribution is 5.98. The number of fused-ring (bicyclic) bond motifs is 1. The highest BCUT2D eigenvalue weighted by Crippen LogP contribution is 2.25. The smallest absolute Gasteiger partial charge is 0.339 e. The Bertz CT molecular complexity index is 741. The Morgan fingerprint density at radius 3 is 2.35 bits per heavy atom. The number of aryl methyl sites for hydroxylation is 1. The van der Waals surface area contributed by atoms with Crippen LogP contribution >= 0.6 is 0 Å². The summed E-state index contributed by atoms with van der Waals surface area (Å²) in [4.78, 5) is 38.3. The van der Waals surface area contributed by atoms with Gasteiger partial charge in [-0.05, 0) is 30.2 Å². The molecule has 140 valence electrons. The van der Waals surface area contributed by atoms with Crippen molar-refractivity contribution in [3.63, 3.8) is 0 Å². The molecule has 1 aromatic carbocycles. The SMILES string of the molecule is O=C1CCc2cc(C(=O)N3CCN(C(=O)CC(F)(F)F)CC3)ccc2N1. The van der Waals surface area contributed by atoms with Crippen LogP contribution in [0.25, 0.3) is 0 Å². The Kier molecular flexibility index (Phi) is 4.88. The van der Waals surface area contributed by atoms with Crippen molar-refractivity contribution >= 4 is 23.4 Å². The average Bonchev–Trinajstić information content (AvgIpc) is 2.59. The zero-order chi connectivity index (χ0) is 18.9. The Morgan fingerprint density at radius 2 is 1.69 bits per heavy atom. The molecule has 0 bridgehead atoms. The standard InChI is InChI=1S/C17H18F3N3O3/c18-17(19,20)10-15(25)22-5-7-23(8-6-22)16(26)12-1-3-13-11(9-12)2-4-14(24)21-13/h1,3,9H,2,4-8,10H2,(H,21,24). The number of hydrogen-bond acceptors (Lipinski definition) is 3. The Balaban J connectivity index is 1.60. The van der Waals surface area contributed by atoms with E-state index < -0.39 is 18.5 Å². The molecule has 2 heterocycles. The predicted octanol–water partition coefficient (Wildman–Crippen LogP) is 1.81. The molecule has 9 heteroatoms. The maximum absolute atomic E-state index is 12.6. The van der Waals surface area contributed by atoms with Crippen molar-refractivity contribution in [1.82, 2.24) is 9.80 Å². The summed E-state index contributed by atoms with van der Waals surface area (Å²) in [5.74, 6) is -1.25. The average molecular weight is 369 g/mol. The molecule has 1 N–H and O–H groups in total. The first-order valence-corrected chi connectivity index (χ1v) is 8.29. The van der Waals surface area contributed by atoms with E-state index in [4.69, 9.17) is 0 Å². The summed E-state index contributed by atoms with van der Waals surface area (Å²) in [6.07, 6.45) is -5.08. The number of nitrogens with zero attached hydrogens (tertiary/aromatic N) is 2. The summed E-state index contributed by atoms with van der Waals surface area (Å²) in [5, 5.41) is 2.74. The predicted molar refractivity (Wildman–Crippen MR) is 86.5 cm³/mol. The molecular formula is C17H18F3N3O3. The normalized spacial score (nSPS) is 17.6. The fourth-order valence-electron chi connectivity index (χ4n) is 3.14. The van der Waals surface area contributed by atoms with Gasteiger partial charge >= 0.3 is 6.18 Å². The minimum Gasteiger partial charge on any atom is -0.339 e. The fourth-order valence-corrected chi connectivity index (χ4v) is 3.14. The van der Waals surface area contributed by atoms with Gasteiger partial charge in [-0.1, -0.05) is 0 Å². The van der Waals surface area contributed by atoms with E-state index in [-0.39, 0.29) is 38.0 Å². The second kappa shape index (κ2) is 6.97. The lowest BCUT2D eigenvalue weighted by Crippen LogP contribution is -2.51. The minimum atomic E-state index is -4.53. The van der Waals surface area contributed by atoms with E-state index in [0.717, 1.165) is 10.5 Å². The maximum atomic E-state index is 12.6. The molecule has 0 radical (unpaired) electrons. The molecule has 2 aliphatic heterocycles. The van der Waals surface area contributed by atoms with Crippen LogP contribution in [0.1, 0.15) is 28.8 Å². The van der Waals surface area contributed by atoms with Crippen molar-refractivity contribution in [2.24, 2.45) is 0 Å². The number of rotatable bonds is 2. The quantitative estimate of drug-likeness (QED) is 0.864. The van der Waals surface area contributed by atoms with Crippen LogP contribution in [-0.2, 0) is 16.0 Å². The van der Waals surface area contributed by atoms with Gasteiger partial charge in [0.1, 0.15) is 6.42 Å². The molecule has 0 atom stereocenters. The molecule has 0 aromatic heterocycles. The minimum absolute atomic E-state index is 0.0591. The number of carbonyl (C=O) groups excluding carboxylic acids is 3. The van der Waals surface area contributed by atoms with Gasteiger partial charge in [-0.15, -0.1) is 0 Å². The molecule has 6 nitrogen and oxygen atoms in total. The van der Waals surface area contributed by atoms with Crippen LogP contribution in [0.15, 0.2) is 18.2 Å². The molecule has 0 spiro atoms. The molecule has 3 rings (SSSR count). The molecule has 1 saturated heterocycles. The van der Waals surface area contributed by atoms with Crippen LogP contribution in [0.2, 0.25) is 0 Å². The number of halogens is 3. The Labute approximate surface area is 147 Å². The largest absolute Gasteiger partial charge is 0.397 e. The van der Waals surface area contributed by atoms with Crippen molar-refractivity contribution in [3.05, 3.63) is 29.3 Å². The number of hydrogen-bond donors (Lipinski definition) is 1. The molecule has 0 aliphatic carbocycles. The third-order valence-corrected chi connectivity index (χ3v) is 4.52. The van der Waals surface area contributed by atoms with Gasteiger partial charge < -0.3 is 15.1 Å². The monoisotopic (exact) mass is 369 g/mol. The van der Waals surface area contributed by atoms with Gasteiger partial charge in [0.2, 0.25) is 11.8 Å². The number of amides is 3. The number of alkyl halides is 3. The third kappa shape index (κ3) is 4.14. The topological polar surface area (TPSA) is 69.7 Å². The van der Waals surface area contributed by atoms with E-state index in [2.05, 4.69) is 5.32 Å². The lowest BCUT2D eigenvalue weighted by molar-refractivity contribution is -0.162. The molecule has 26 heavy (non-hydrogen) atoms. The summed E-state index contributed by atoms with van der Waals surface area (Å²) in [6.45, 7) is 0.551. The van der Waals surface area contributed by atoms with E-state index in [1.165, 1.54) is 4.90 Å². The maximum Gasteiger partial charge on any atom is 0.397 e. The summed E-state index contributed by atoms with van der Waals surface area (Å²) < 4.78 is 36.9. The molecule has 2 aliphatic rings. The molecule has 1 aromatic rings. The van der Waals surface area contributed by atoms with Gasteiger partial charge in [0, 0.05) is 43.9 Å². The van der Waals surface area contributed by atoms with Crippen molar-refractivity contribution in [2.45, 2.75) is 25.4 Å². The van der Waals surface area contributed by atoms with Crippen molar-refractivity contribution < 1.29 is 27.6 Å². The second-order valence-electron chi connectivity index (χ2n) is 6.39. The summed E-state index contributed by atoms with van der Waals surface area (Å²) in [5.41, 5.74) is 2.05. The first-order valence-electron chi connectivity index (χ1n) is 8.29. The van der Waals surface area contributed by atoms with E-state index in [9.17, 15) is 27.6 Å². The molecular weight excluding hydrogens is 351 g/mol. The van der Waals surface area contributed by atoms with Crippen molar-refractivity contribution in [2.75, 3.05) is 31.5 Å². The molecule has 0 saturated carbocycles. The number of benzene rings is 1. The second-order valence-corrected chi connectivity index (χ2v) is 6.39. The van der Waals surface area contributed by atoms with Gasteiger partial charge in [-0.3, -0.25) is 14.4 Å². The highest BCUT2D eigenvalue weighted by atomic mass is 19.4. The van der Waals surface area contributed by atoms with E-state index in [1.54, 1.807) is 18.2 Å². The highest BCUT2D eigenvalue weighted by Gasteiger charge is 2.35. The molecule has 0 unspecified atom stereocenters. The number of piperazine rings is 1. The van der Waals surface area contributed by atoms with Crippen molar-refractivity contribution in [1.29, 1.82) is 0 Å². The molecule has 3 amide bonds. The Hall–Kier alpha value is -2.58. The van der Waals surface area contributed by atoms with Crippen LogP contribution in [0.5, 0.6) is 0 Å². The first-order chi connectivity index (χ1) is 12.2. The van der Waals surface area contributed by atoms with Crippen LogP contribution < -0.4 is 5.32 Å². The lowest BCUT2D eigenvalue weighted by Gasteiger charge is -2.35. The van der Waals surface area contributed by atoms with E-state index in [1.807, 2.05) is 0 Å². The van der Waals surface area contributed by atoms with Crippen LogP contribution in [-0.4, -0.2) is 59.9 Å². The summed E-state index contributed by atoms with van der Waals surface area (Å²) in [6, 6.07) is 5.04.